The maximum absolute atomic E-state index is 5.32. The molecule has 0 amide bonds. The minimum Gasteiger partial charge on any atom is -0.497 e. The number of rotatable bonds is 6. The molecule has 0 unspecified atom stereocenters. The summed E-state index contributed by atoms with van der Waals surface area (Å²) < 4.78 is 5.32. The van der Waals surface area contributed by atoms with Gasteiger partial charge in [-0.3, -0.25) is 9.80 Å². The molecule has 1 aromatic heterocycles. The Bertz CT molecular complexity index is 857. The molecule has 0 spiro atoms. The molecule has 0 aliphatic carbocycles. The Morgan fingerprint density at radius 3 is 2.41 bits per heavy atom. The number of thiazole rings is 1. The highest BCUT2D eigenvalue weighted by atomic mass is 32.1. The molecule has 0 saturated carbocycles. The summed E-state index contributed by atoms with van der Waals surface area (Å²) in [6.07, 6.45) is 0. The molecule has 2 aromatic carbocycles. The minimum absolute atomic E-state index is 0.874. The molecule has 4 rings (SSSR count). The lowest BCUT2D eigenvalue weighted by Gasteiger charge is -2.34. The van der Waals surface area contributed by atoms with Crippen LogP contribution in [-0.2, 0) is 13.1 Å². The predicted octanol–water partition coefficient (Wildman–Crippen LogP) is 4.14. The van der Waals surface area contributed by atoms with Crippen molar-refractivity contribution in [3.63, 3.8) is 0 Å². The molecule has 4 nitrogen and oxygen atoms in total. The van der Waals surface area contributed by atoms with Gasteiger partial charge in [-0.05, 0) is 17.7 Å². The molecule has 3 aromatic rings. The van der Waals surface area contributed by atoms with Crippen molar-refractivity contribution in [2.24, 2.45) is 0 Å². The molecule has 1 aliphatic rings. The van der Waals surface area contributed by atoms with Gasteiger partial charge in [0, 0.05) is 50.2 Å². The van der Waals surface area contributed by atoms with E-state index in [1.807, 2.05) is 18.2 Å². The summed E-state index contributed by atoms with van der Waals surface area (Å²) in [4.78, 5) is 9.89. The second kappa shape index (κ2) is 8.65. The number of hydrogen-bond donors (Lipinski definition) is 0. The van der Waals surface area contributed by atoms with Crippen LogP contribution in [-0.4, -0.2) is 48.1 Å². The van der Waals surface area contributed by atoms with E-state index < -0.39 is 0 Å². The zero-order chi connectivity index (χ0) is 18.5. The first kappa shape index (κ1) is 18.2. The number of nitrogens with zero attached hydrogens (tertiary/aromatic N) is 3. The second-order valence-electron chi connectivity index (χ2n) is 6.91. The molecule has 2 heterocycles. The van der Waals surface area contributed by atoms with E-state index in [4.69, 9.17) is 9.72 Å². The van der Waals surface area contributed by atoms with Gasteiger partial charge in [0.25, 0.3) is 0 Å². The number of aromatic nitrogens is 1. The Kier molecular flexibility index (Phi) is 5.82. The van der Waals surface area contributed by atoms with Gasteiger partial charge >= 0.3 is 0 Å². The minimum atomic E-state index is 0.874. The van der Waals surface area contributed by atoms with Crippen molar-refractivity contribution in [1.29, 1.82) is 0 Å². The molecule has 1 aliphatic heterocycles. The van der Waals surface area contributed by atoms with E-state index in [1.54, 1.807) is 18.4 Å². The normalized spacial score (nSPS) is 15.7. The Balaban J connectivity index is 1.31. The molecule has 140 valence electrons. The monoisotopic (exact) mass is 379 g/mol. The number of methoxy groups -OCH3 is 1. The van der Waals surface area contributed by atoms with Crippen LogP contribution in [0, 0.1) is 0 Å². The highest BCUT2D eigenvalue weighted by molar-refractivity contribution is 7.13. The Morgan fingerprint density at radius 1 is 0.926 bits per heavy atom. The fraction of sp³-hybridized carbons (Fsp3) is 0.318. The van der Waals surface area contributed by atoms with E-state index in [0.717, 1.165) is 61.3 Å². The van der Waals surface area contributed by atoms with Crippen molar-refractivity contribution in [2.45, 2.75) is 13.1 Å². The lowest BCUT2D eigenvalue weighted by Crippen LogP contribution is -2.45. The summed E-state index contributed by atoms with van der Waals surface area (Å²) >= 11 is 1.71. The van der Waals surface area contributed by atoms with Crippen molar-refractivity contribution in [2.75, 3.05) is 33.3 Å². The number of benzene rings is 2. The third kappa shape index (κ3) is 4.75. The average Bonchev–Trinajstić information content (AvgIpc) is 3.19. The van der Waals surface area contributed by atoms with Crippen LogP contribution in [0.3, 0.4) is 0 Å². The van der Waals surface area contributed by atoms with E-state index >= 15 is 0 Å². The Morgan fingerprint density at radius 2 is 1.67 bits per heavy atom. The third-order valence-electron chi connectivity index (χ3n) is 4.97. The van der Waals surface area contributed by atoms with E-state index in [0.29, 0.717) is 0 Å². The zero-order valence-corrected chi connectivity index (χ0v) is 16.5. The standard InChI is InChI=1S/C22H25N3OS/c1-26-21-9-5-8-19(14-21)22-23-20(17-27-22)16-25-12-10-24(11-13-25)15-18-6-3-2-4-7-18/h2-9,14,17H,10-13,15-16H2,1H3. The van der Waals surface area contributed by atoms with E-state index in [2.05, 4.69) is 51.6 Å². The van der Waals surface area contributed by atoms with Gasteiger partial charge in [0.05, 0.1) is 12.8 Å². The number of piperazine rings is 1. The first-order chi connectivity index (χ1) is 13.3. The van der Waals surface area contributed by atoms with Gasteiger partial charge in [-0.2, -0.15) is 0 Å². The summed E-state index contributed by atoms with van der Waals surface area (Å²) in [6.45, 7) is 6.40. The van der Waals surface area contributed by atoms with Crippen molar-refractivity contribution >= 4 is 11.3 Å². The topological polar surface area (TPSA) is 28.6 Å². The number of ether oxygens (including phenoxy) is 1. The summed E-state index contributed by atoms with van der Waals surface area (Å²) in [6, 6.07) is 18.9. The molecule has 5 heteroatoms. The zero-order valence-electron chi connectivity index (χ0n) is 15.7. The van der Waals surface area contributed by atoms with E-state index in [9.17, 15) is 0 Å². The van der Waals surface area contributed by atoms with E-state index in [-0.39, 0.29) is 0 Å². The SMILES string of the molecule is COc1cccc(-c2nc(CN3CCN(Cc4ccccc4)CC3)cs2)c1. The summed E-state index contributed by atoms with van der Waals surface area (Å²) in [7, 11) is 1.70. The van der Waals surface area contributed by atoms with Crippen LogP contribution in [0.25, 0.3) is 10.6 Å². The molecule has 27 heavy (non-hydrogen) atoms. The van der Waals surface area contributed by atoms with Crippen LogP contribution in [0.5, 0.6) is 5.75 Å². The quantitative estimate of drug-likeness (QED) is 0.644. The molecular weight excluding hydrogens is 354 g/mol. The van der Waals surface area contributed by atoms with Crippen LogP contribution in [0.2, 0.25) is 0 Å². The smallest absolute Gasteiger partial charge is 0.123 e. The average molecular weight is 380 g/mol. The Labute approximate surface area is 165 Å². The second-order valence-corrected chi connectivity index (χ2v) is 7.77. The van der Waals surface area contributed by atoms with Crippen molar-refractivity contribution in [3.05, 3.63) is 71.2 Å². The summed E-state index contributed by atoms with van der Waals surface area (Å²) in [5.74, 6) is 0.874. The molecule has 0 radical (unpaired) electrons. The molecule has 0 N–H and O–H groups in total. The van der Waals surface area contributed by atoms with Gasteiger partial charge in [0.1, 0.15) is 10.8 Å². The maximum atomic E-state index is 5.32. The molecule has 1 saturated heterocycles. The lowest BCUT2D eigenvalue weighted by molar-refractivity contribution is 0.121. The Hall–Kier alpha value is -2.21. The van der Waals surface area contributed by atoms with Gasteiger partial charge in [-0.15, -0.1) is 11.3 Å². The molecule has 0 bridgehead atoms. The first-order valence-corrected chi connectivity index (χ1v) is 10.3. The third-order valence-corrected chi connectivity index (χ3v) is 5.91. The van der Waals surface area contributed by atoms with Gasteiger partial charge in [-0.25, -0.2) is 4.98 Å². The van der Waals surface area contributed by atoms with E-state index in [1.165, 1.54) is 5.56 Å². The van der Waals surface area contributed by atoms with Gasteiger partial charge < -0.3 is 4.74 Å². The predicted molar refractivity (Wildman–Crippen MR) is 111 cm³/mol. The van der Waals surface area contributed by atoms with Crippen LogP contribution in [0.1, 0.15) is 11.3 Å². The van der Waals surface area contributed by atoms with Crippen molar-refractivity contribution < 1.29 is 4.74 Å². The molecule has 1 fully saturated rings. The van der Waals surface area contributed by atoms with Gasteiger partial charge in [0.15, 0.2) is 0 Å². The summed E-state index contributed by atoms with van der Waals surface area (Å²) in [5, 5.41) is 3.25. The van der Waals surface area contributed by atoms with Crippen LogP contribution in [0.4, 0.5) is 0 Å². The van der Waals surface area contributed by atoms with Crippen molar-refractivity contribution in [3.8, 4) is 16.3 Å². The first-order valence-electron chi connectivity index (χ1n) is 9.37. The van der Waals surface area contributed by atoms with Crippen LogP contribution < -0.4 is 4.74 Å². The van der Waals surface area contributed by atoms with Gasteiger partial charge in [0.2, 0.25) is 0 Å². The lowest BCUT2D eigenvalue weighted by atomic mass is 10.2. The largest absolute Gasteiger partial charge is 0.497 e. The highest BCUT2D eigenvalue weighted by Crippen LogP contribution is 2.27. The van der Waals surface area contributed by atoms with Crippen LogP contribution >= 0.6 is 11.3 Å². The highest BCUT2D eigenvalue weighted by Gasteiger charge is 2.18. The molecule has 0 atom stereocenters. The maximum Gasteiger partial charge on any atom is 0.123 e. The molecular formula is C22H25N3OS. The van der Waals surface area contributed by atoms with Crippen LogP contribution in [0.15, 0.2) is 60.0 Å². The fourth-order valence-corrected chi connectivity index (χ4v) is 4.25. The fourth-order valence-electron chi connectivity index (χ4n) is 3.44. The summed E-state index contributed by atoms with van der Waals surface area (Å²) in [5.41, 5.74) is 3.68. The van der Waals surface area contributed by atoms with Crippen molar-refractivity contribution in [1.82, 2.24) is 14.8 Å². The number of hydrogen-bond acceptors (Lipinski definition) is 5. The van der Waals surface area contributed by atoms with Gasteiger partial charge in [-0.1, -0.05) is 42.5 Å².